The number of aliphatic hydroxyl groups excluding tert-OH is 1. The molecule has 0 radical (unpaired) electrons. The van der Waals surface area contributed by atoms with Crippen molar-refractivity contribution in [3.8, 4) is 0 Å². The topological polar surface area (TPSA) is 70.9 Å². The van der Waals surface area contributed by atoms with Crippen molar-refractivity contribution in [2.24, 2.45) is 5.92 Å². The largest absolute Gasteiger partial charge is 0.854 e. The second kappa shape index (κ2) is 13.9. The van der Waals surface area contributed by atoms with E-state index in [1.54, 1.807) is 6.92 Å². The van der Waals surface area contributed by atoms with Gasteiger partial charge < -0.3 is 15.9 Å². The minimum Gasteiger partial charge on any atom is -0.854 e. The van der Waals surface area contributed by atoms with Gasteiger partial charge in [-0.3, -0.25) is 0 Å². The number of quaternary nitrogens is 1. The van der Waals surface area contributed by atoms with E-state index in [1.807, 2.05) is 0 Å². The molecule has 0 aliphatic rings. The first-order chi connectivity index (χ1) is 7.08. The van der Waals surface area contributed by atoms with Crippen LogP contribution in [-0.2, 0) is 0 Å². The Morgan fingerprint density at radius 1 is 1.13 bits per heavy atom. The van der Waals surface area contributed by atoms with E-state index in [1.165, 1.54) is 25.7 Å². The van der Waals surface area contributed by atoms with Crippen molar-refractivity contribution in [1.29, 1.82) is 0 Å². The summed E-state index contributed by atoms with van der Waals surface area (Å²) in [6.45, 7) is 6.10. The van der Waals surface area contributed by atoms with Crippen molar-refractivity contribution in [1.82, 2.24) is 0 Å². The second-order valence-electron chi connectivity index (χ2n) is 4.17. The van der Waals surface area contributed by atoms with E-state index in [-0.39, 0.29) is 6.61 Å². The first kappa shape index (κ1) is 17.3. The summed E-state index contributed by atoms with van der Waals surface area (Å²) in [5.41, 5.74) is 3.19. The third-order valence-corrected chi connectivity index (χ3v) is 2.15. The first-order valence-corrected chi connectivity index (χ1v) is 6.17. The lowest BCUT2D eigenvalue weighted by Gasteiger charge is -2.18. The van der Waals surface area contributed by atoms with Gasteiger partial charge in [-0.2, -0.15) is 0 Å². The SMILES string of the molecule is CC([NH3+])O.CCCCCC(C[O-])CCC. The highest BCUT2D eigenvalue weighted by Crippen LogP contribution is 2.13. The summed E-state index contributed by atoms with van der Waals surface area (Å²) >= 11 is 0. The summed E-state index contributed by atoms with van der Waals surface area (Å²) in [4.78, 5) is 0. The predicted molar refractivity (Wildman–Crippen MR) is 62.0 cm³/mol. The van der Waals surface area contributed by atoms with Crippen LogP contribution in [0.2, 0.25) is 0 Å². The zero-order valence-corrected chi connectivity index (χ0v) is 10.7. The van der Waals surface area contributed by atoms with Gasteiger partial charge in [0, 0.05) is 6.92 Å². The average Bonchev–Trinajstić information content (AvgIpc) is 2.16. The Bertz CT molecular complexity index is 105. The van der Waals surface area contributed by atoms with E-state index in [2.05, 4.69) is 19.6 Å². The highest BCUT2D eigenvalue weighted by atomic mass is 16.3. The van der Waals surface area contributed by atoms with Crippen LogP contribution in [0.25, 0.3) is 0 Å². The van der Waals surface area contributed by atoms with Crippen molar-refractivity contribution in [2.75, 3.05) is 6.61 Å². The van der Waals surface area contributed by atoms with Gasteiger partial charge in [0.05, 0.1) is 0 Å². The van der Waals surface area contributed by atoms with Crippen LogP contribution in [0.5, 0.6) is 0 Å². The standard InChI is InChI=1S/C10H21O.C2H7NO/c1-3-5-6-8-10(9-11)7-4-2;1-2(3)4/h10H,3-9H2,1-2H3;2,4H,3H2,1H3/q-1;/p+1. The van der Waals surface area contributed by atoms with Gasteiger partial charge in [-0.15, -0.1) is 6.61 Å². The molecule has 0 fully saturated rings. The summed E-state index contributed by atoms with van der Waals surface area (Å²) in [5, 5.41) is 18.6. The van der Waals surface area contributed by atoms with Crippen LogP contribution in [0.15, 0.2) is 0 Å². The van der Waals surface area contributed by atoms with Gasteiger partial charge in [0.2, 0.25) is 0 Å². The van der Waals surface area contributed by atoms with E-state index >= 15 is 0 Å². The molecule has 0 aliphatic heterocycles. The molecule has 2 unspecified atom stereocenters. The Hall–Kier alpha value is -0.120. The third-order valence-electron chi connectivity index (χ3n) is 2.15. The van der Waals surface area contributed by atoms with Gasteiger partial charge in [0.15, 0.2) is 6.23 Å². The Kier molecular flexibility index (Phi) is 16.0. The molecule has 0 aromatic carbocycles. The molecule has 3 heteroatoms. The summed E-state index contributed by atoms with van der Waals surface area (Å²) < 4.78 is 0. The van der Waals surface area contributed by atoms with Crippen LogP contribution in [0.1, 0.15) is 59.3 Å². The quantitative estimate of drug-likeness (QED) is 0.493. The normalized spacial score (nSPS) is 14.0. The van der Waals surface area contributed by atoms with Crippen molar-refractivity contribution >= 4 is 0 Å². The van der Waals surface area contributed by atoms with Gasteiger partial charge in [0.25, 0.3) is 0 Å². The van der Waals surface area contributed by atoms with Crippen LogP contribution in [-0.4, -0.2) is 17.9 Å². The number of rotatable bonds is 7. The van der Waals surface area contributed by atoms with E-state index in [9.17, 15) is 5.11 Å². The van der Waals surface area contributed by atoms with Gasteiger partial charge in [-0.1, -0.05) is 58.3 Å². The van der Waals surface area contributed by atoms with Gasteiger partial charge in [-0.05, 0) is 0 Å². The molecule has 2 atom stereocenters. The van der Waals surface area contributed by atoms with Crippen LogP contribution in [0, 0.1) is 5.92 Å². The molecule has 0 spiro atoms. The average molecular weight is 219 g/mol. The van der Waals surface area contributed by atoms with Crippen molar-refractivity contribution in [3.05, 3.63) is 0 Å². The van der Waals surface area contributed by atoms with Crippen LogP contribution in [0.3, 0.4) is 0 Å². The fourth-order valence-corrected chi connectivity index (χ4v) is 1.40. The molecule has 0 aliphatic carbocycles. The van der Waals surface area contributed by atoms with Crippen LogP contribution in [0.4, 0.5) is 0 Å². The Balaban J connectivity index is 0. The lowest BCUT2D eigenvalue weighted by atomic mass is 9.98. The van der Waals surface area contributed by atoms with E-state index in [4.69, 9.17) is 5.11 Å². The van der Waals surface area contributed by atoms with Gasteiger partial charge in [-0.25, -0.2) is 0 Å². The Labute approximate surface area is 94.7 Å². The molecule has 3 nitrogen and oxygen atoms in total. The fourth-order valence-electron chi connectivity index (χ4n) is 1.40. The third kappa shape index (κ3) is 20.1. The molecule has 0 aromatic rings. The molecule has 15 heavy (non-hydrogen) atoms. The van der Waals surface area contributed by atoms with Crippen LogP contribution < -0.4 is 10.8 Å². The molecule has 4 N–H and O–H groups in total. The molecule has 0 saturated heterocycles. The fraction of sp³-hybridized carbons (Fsp3) is 1.00. The van der Waals surface area contributed by atoms with E-state index in [0.29, 0.717) is 5.92 Å². The van der Waals surface area contributed by atoms with Crippen molar-refractivity contribution in [3.63, 3.8) is 0 Å². The Morgan fingerprint density at radius 2 is 1.67 bits per heavy atom. The number of hydrogen-bond acceptors (Lipinski definition) is 2. The molecule has 94 valence electrons. The maximum Gasteiger partial charge on any atom is 0.182 e. The minimum absolute atomic E-state index is 0.136. The molecule has 0 aromatic heterocycles. The number of hydrogen-bond donors (Lipinski definition) is 2. The van der Waals surface area contributed by atoms with E-state index < -0.39 is 6.23 Å². The van der Waals surface area contributed by atoms with Gasteiger partial charge >= 0.3 is 0 Å². The molecule has 0 bridgehead atoms. The molecule has 0 saturated carbocycles. The smallest absolute Gasteiger partial charge is 0.182 e. The zero-order valence-electron chi connectivity index (χ0n) is 10.7. The summed E-state index contributed by atoms with van der Waals surface area (Å²) in [6.07, 6.45) is 6.85. The highest BCUT2D eigenvalue weighted by molar-refractivity contribution is 4.56. The zero-order chi connectivity index (χ0) is 12.1. The molecule has 0 amide bonds. The molecule has 0 rings (SSSR count). The minimum atomic E-state index is -0.417. The lowest BCUT2D eigenvalue weighted by Crippen LogP contribution is -2.58. The Morgan fingerprint density at radius 3 is 2.00 bits per heavy atom. The molecule has 0 heterocycles. The van der Waals surface area contributed by atoms with Crippen molar-refractivity contribution < 1.29 is 15.9 Å². The van der Waals surface area contributed by atoms with E-state index in [0.717, 1.165) is 12.8 Å². The maximum absolute atomic E-state index is 10.6. The molecular weight excluding hydrogens is 190 g/mol. The maximum atomic E-state index is 10.6. The number of unbranched alkanes of at least 4 members (excludes halogenated alkanes) is 2. The summed E-state index contributed by atoms with van der Waals surface area (Å²) in [7, 11) is 0. The van der Waals surface area contributed by atoms with Crippen LogP contribution >= 0.6 is 0 Å². The highest BCUT2D eigenvalue weighted by Gasteiger charge is 2.00. The summed E-state index contributed by atoms with van der Waals surface area (Å²) in [6, 6.07) is 0. The number of aliphatic hydroxyl groups is 1. The monoisotopic (exact) mass is 219 g/mol. The van der Waals surface area contributed by atoms with Crippen molar-refractivity contribution in [2.45, 2.75) is 65.5 Å². The predicted octanol–water partition coefficient (Wildman–Crippen LogP) is 0.910. The van der Waals surface area contributed by atoms with Gasteiger partial charge in [0.1, 0.15) is 0 Å². The lowest BCUT2D eigenvalue weighted by molar-refractivity contribution is -0.475. The second-order valence-corrected chi connectivity index (χ2v) is 4.17. The summed E-state index contributed by atoms with van der Waals surface area (Å²) in [5.74, 6) is 0.464. The first-order valence-electron chi connectivity index (χ1n) is 6.17. The molecular formula is C12H29NO2.